The Balaban J connectivity index is 3.88. The van der Waals surface area contributed by atoms with Gasteiger partial charge < -0.3 is 16.2 Å². The van der Waals surface area contributed by atoms with E-state index in [9.17, 15) is 4.79 Å². The first-order valence-corrected chi connectivity index (χ1v) is 4.16. The largest absolute Gasteiger partial charge is 0.392 e. The van der Waals surface area contributed by atoms with E-state index in [1.807, 2.05) is 13.8 Å². The van der Waals surface area contributed by atoms with Crippen LogP contribution in [0.25, 0.3) is 0 Å². The molecule has 0 aliphatic heterocycles. The van der Waals surface area contributed by atoms with E-state index in [-0.39, 0.29) is 17.9 Å². The molecule has 0 aromatic rings. The summed E-state index contributed by atoms with van der Waals surface area (Å²) in [4.78, 5) is 10.8. The fraction of sp³-hybridized carbons (Fsp3) is 0.875. The first kappa shape index (κ1) is 11.4. The monoisotopic (exact) mass is 174 g/mol. The van der Waals surface area contributed by atoms with Crippen molar-refractivity contribution in [3.63, 3.8) is 0 Å². The first-order chi connectivity index (χ1) is 5.45. The lowest BCUT2D eigenvalue weighted by Gasteiger charge is -2.19. The highest BCUT2D eigenvalue weighted by Gasteiger charge is 2.18. The van der Waals surface area contributed by atoms with Crippen molar-refractivity contribution in [1.82, 2.24) is 5.32 Å². The van der Waals surface area contributed by atoms with Gasteiger partial charge in [0.1, 0.15) is 0 Å². The molecule has 0 radical (unpaired) electrons. The molecule has 4 heteroatoms. The van der Waals surface area contributed by atoms with Crippen LogP contribution < -0.4 is 11.1 Å². The Morgan fingerprint density at radius 3 is 2.25 bits per heavy atom. The van der Waals surface area contributed by atoms with Crippen LogP contribution in [-0.2, 0) is 4.79 Å². The average molecular weight is 174 g/mol. The summed E-state index contributed by atoms with van der Waals surface area (Å²) in [5.41, 5.74) is 5.14. The number of nitrogens with one attached hydrogen (secondary N) is 1. The minimum Gasteiger partial charge on any atom is -0.392 e. The maximum atomic E-state index is 10.8. The molecule has 2 unspecified atom stereocenters. The summed E-state index contributed by atoms with van der Waals surface area (Å²) in [5, 5.41) is 11.8. The molecular formula is C8H18N2O2. The predicted molar refractivity (Wildman–Crippen MR) is 47.5 cm³/mol. The van der Waals surface area contributed by atoms with E-state index in [4.69, 9.17) is 10.8 Å². The van der Waals surface area contributed by atoms with Gasteiger partial charge in [0.15, 0.2) is 0 Å². The van der Waals surface area contributed by atoms with E-state index in [0.717, 1.165) is 0 Å². The van der Waals surface area contributed by atoms with E-state index in [2.05, 4.69) is 5.32 Å². The number of primary amides is 1. The summed E-state index contributed by atoms with van der Waals surface area (Å²) in [6.45, 7) is 5.87. The van der Waals surface area contributed by atoms with Crippen LogP contribution in [0.1, 0.15) is 20.8 Å². The average Bonchev–Trinajstić information content (AvgIpc) is 1.84. The van der Waals surface area contributed by atoms with E-state index in [0.29, 0.717) is 6.54 Å². The van der Waals surface area contributed by atoms with Crippen molar-refractivity contribution in [3.05, 3.63) is 0 Å². The normalized spacial score (nSPS) is 16.1. The summed E-state index contributed by atoms with van der Waals surface area (Å²) >= 11 is 0. The van der Waals surface area contributed by atoms with Gasteiger partial charge in [0.05, 0.1) is 12.1 Å². The van der Waals surface area contributed by atoms with E-state index in [1.165, 1.54) is 0 Å². The van der Waals surface area contributed by atoms with Gasteiger partial charge >= 0.3 is 0 Å². The van der Waals surface area contributed by atoms with Crippen LogP contribution in [0.4, 0.5) is 0 Å². The topological polar surface area (TPSA) is 75.3 Å². The number of carbonyl (C=O) groups excluding carboxylic acids is 1. The molecule has 1 amide bonds. The third-order valence-electron chi connectivity index (χ3n) is 1.61. The van der Waals surface area contributed by atoms with Gasteiger partial charge in [-0.3, -0.25) is 4.79 Å². The van der Waals surface area contributed by atoms with Crippen molar-refractivity contribution >= 4 is 5.91 Å². The molecule has 2 atom stereocenters. The number of amides is 1. The fourth-order valence-electron chi connectivity index (χ4n) is 0.962. The van der Waals surface area contributed by atoms with Gasteiger partial charge in [-0.2, -0.15) is 0 Å². The Bertz CT molecular complexity index is 146. The van der Waals surface area contributed by atoms with Gasteiger partial charge in [0.25, 0.3) is 0 Å². The molecule has 0 saturated heterocycles. The number of hydrogen-bond acceptors (Lipinski definition) is 3. The molecule has 0 heterocycles. The molecule has 72 valence electrons. The van der Waals surface area contributed by atoms with Crippen LogP contribution in [0.3, 0.4) is 0 Å². The second-order valence-corrected chi connectivity index (χ2v) is 3.38. The molecule has 0 aromatic carbocycles. The Kier molecular flexibility index (Phi) is 4.85. The molecule has 0 saturated carbocycles. The summed E-state index contributed by atoms with van der Waals surface area (Å²) in [5.74, 6) is -0.216. The molecule has 0 aromatic heterocycles. The summed E-state index contributed by atoms with van der Waals surface area (Å²) in [6.07, 6.45) is -0.453. The van der Waals surface area contributed by atoms with Crippen LogP contribution in [-0.4, -0.2) is 29.7 Å². The van der Waals surface area contributed by atoms with E-state index in [1.54, 1.807) is 6.92 Å². The Labute approximate surface area is 73.1 Å². The summed E-state index contributed by atoms with van der Waals surface area (Å²) < 4.78 is 0. The lowest BCUT2D eigenvalue weighted by Crippen LogP contribution is -2.47. The smallest absolute Gasteiger partial charge is 0.234 e. The summed E-state index contributed by atoms with van der Waals surface area (Å²) in [7, 11) is 0. The molecule has 4 nitrogen and oxygen atoms in total. The Morgan fingerprint density at radius 1 is 1.50 bits per heavy atom. The zero-order valence-electron chi connectivity index (χ0n) is 7.87. The second kappa shape index (κ2) is 5.11. The van der Waals surface area contributed by atoms with Crippen LogP contribution in [0.5, 0.6) is 0 Å². The van der Waals surface area contributed by atoms with Crippen molar-refractivity contribution < 1.29 is 9.90 Å². The Morgan fingerprint density at radius 2 is 2.00 bits per heavy atom. The number of nitrogens with two attached hydrogens (primary N) is 1. The van der Waals surface area contributed by atoms with Crippen molar-refractivity contribution in [2.75, 3.05) is 6.54 Å². The van der Waals surface area contributed by atoms with Gasteiger partial charge in [-0.1, -0.05) is 13.8 Å². The van der Waals surface area contributed by atoms with Crippen LogP contribution in [0.2, 0.25) is 0 Å². The molecule has 0 rings (SSSR count). The first-order valence-electron chi connectivity index (χ1n) is 4.16. The zero-order chi connectivity index (χ0) is 9.72. The predicted octanol–water partition coefficient (Wildman–Crippen LogP) is -0.533. The van der Waals surface area contributed by atoms with Gasteiger partial charge in [-0.15, -0.1) is 0 Å². The molecular weight excluding hydrogens is 156 g/mol. The minimum absolute atomic E-state index is 0.154. The van der Waals surface area contributed by atoms with E-state index >= 15 is 0 Å². The van der Waals surface area contributed by atoms with Crippen molar-refractivity contribution in [2.24, 2.45) is 11.7 Å². The number of carbonyl (C=O) groups is 1. The van der Waals surface area contributed by atoms with Crippen LogP contribution in [0, 0.1) is 5.92 Å². The zero-order valence-corrected chi connectivity index (χ0v) is 7.87. The Hall–Kier alpha value is -0.610. The molecule has 0 aliphatic rings. The van der Waals surface area contributed by atoms with Gasteiger partial charge in [0, 0.05) is 6.54 Å². The maximum absolute atomic E-state index is 10.8. The van der Waals surface area contributed by atoms with Crippen LogP contribution >= 0.6 is 0 Å². The van der Waals surface area contributed by atoms with Gasteiger partial charge in [-0.05, 0) is 12.8 Å². The highest BCUT2D eigenvalue weighted by Crippen LogP contribution is 2.00. The number of aliphatic hydroxyl groups excluding tert-OH is 1. The number of aliphatic hydroxyl groups is 1. The highest BCUT2D eigenvalue weighted by atomic mass is 16.3. The lowest BCUT2D eigenvalue weighted by atomic mass is 10.0. The highest BCUT2D eigenvalue weighted by molar-refractivity contribution is 5.80. The van der Waals surface area contributed by atoms with Crippen molar-refractivity contribution in [1.29, 1.82) is 0 Å². The minimum atomic E-state index is -0.453. The van der Waals surface area contributed by atoms with Gasteiger partial charge in [-0.25, -0.2) is 0 Å². The molecule has 0 bridgehead atoms. The third-order valence-corrected chi connectivity index (χ3v) is 1.61. The third kappa shape index (κ3) is 4.31. The van der Waals surface area contributed by atoms with Crippen LogP contribution in [0.15, 0.2) is 0 Å². The molecule has 4 N–H and O–H groups in total. The lowest BCUT2D eigenvalue weighted by molar-refractivity contribution is -0.121. The van der Waals surface area contributed by atoms with Crippen molar-refractivity contribution in [3.8, 4) is 0 Å². The van der Waals surface area contributed by atoms with E-state index < -0.39 is 6.10 Å². The number of hydrogen-bond donors (Lipinski definition) is 3. The van der Waals surface area contributed by atoms with Gasteiger partial charge in [0.2, 0.25) is 5.91 Å². The molecule has 12 heavy (non-hydrogen) atoms. The van der Waals surface area contributed by atoms with Crippen molar-refractivity contribution in [2.45, 2.75) is 32.9 Å². The molecule has 0 aliphatic carbocycles. The SMILES string of the molecule is CC(O)CNC(C(N)=O)C(C)C. The number of rotatable bonds is 5. The quantitative estimate of drug-likeness (QED) is 0.524. The fourth-order valence-corrected chi connectivity index (χ4v) is 0.962. The molecule has 0 fully saturated rings. The second-order valence-electron chi connectivity index (χ2n) is 3.38. The standard InChI is InChI=1S/C8H18N2O2/c1-5(2)7(8(9)12)10-4-6(3)11/h5-7,10-11H,4H2,1-3H3,(H2,9,12). The summed E-state index contributed by atoms with van der Waals surface area (Å²) in [6, 6.07) is -0.348. The molecule has 0 spiro atoms. The maximum Gasteiger partial charge on any atom is 0.234 e.